The smallest absolute Gasteiger partial charge is 0.431 e. The molecule has 0 N–H and O–H groups in total. The van der Waals surface area contributed by atoms with Crippen LogP contribution in [-0.4, -0.2) is 35.3 Å². The first-order chi connectivity index (χ1) is 16.0. The summed E-state index contributed by atoms with van der Waals surface area (Å²) in [6, 6.07) is 14.1. The molecule has 1 aliphatic heterocycles. The number of carbonyl (C=O) groups excluding carboxylic acids is 1. The highest BCUT2D eigenvalue weighted by atomic mass is 16.7. The number of aromatic nitrogens is 2. The van der Waals surface area contributed by atoms with E-state index < -0.39 is 6.16 Å². The summed E-state index contributed by atoms with van der Waals surface area (Å²) in [5.74, 6) is 0.248. The van der Waals surface area contributed by atoms with E-state index in [1.807, 2.05) is 57.2 Å². The largest absolute Gasteiger partial charge is 0.515 e. The second-order valence-electron chi connectivity index (χ2n) is 8.13. The van der Waals surface area contributed by atoms with Gasteiger partial charge in [-0.3, -0.25) is 9.48 Å². The number of benzene rings is 2. The first-order valence-electron chi connectivity index (χ1n) is 11.4. The van der Waals surface area contributed by atoms with Crippen molar-refractivity contribution in [3.63, 3.8) is 0 Å². The highest BCUT2D eigenvalue weighted by molar-refractivity contribution is 5.83. The van der Waals surface area contributed by atoms with Crippen molar-refractivity contribution in [2.24, 2.45) is 0 Å². The molecule has 0 saturated carbocycles. The quantitative estimate of drug-likeness (QED) is 0.376. The Labute approximate surface area is 193 Å². The van der Waals surface area contributed by atoms with Crippen LogP contribution in [0.25, 0.3) is 22.3 Å². The maximum absolute atomic E-state index is 13.6. The van der Waals surface area contributed by atoms with Gasteiger partial charge in [0, 0.05) is 19.7 Å². The lowest BCUT2D eigenvalue weighted by Gasteiger charge is -2.19. The van der Waals surface area contributed by atoms with Crippen LogP contribution in [0.3, 0.4) is 0 Å². The molecule has 0 unspecified atom stereocenters. The van der Waals surface area contributed by atoms with E-state index in [9.17, 15) is 9.59 Å². The lowest BCUT2D eigenvalue weighted by Crippen LogP contribution is -2.28. The SMILES string of the molecule is CCOCCOC(=O)Oc1c(-c2c(C)ccc(-c3ccccc3)c2C)c(=O)n2n1CCCC2. The third kappa shape index (κ3) is 4.59. The summed E-state index contributed by atoms with van der Waals surface area (Å²) >= 11 is 0. The summed E-state index contributed by atoms with van der Waals surface area (Å²) in [5.41, 5.74) is 5.08. The lowest BCUT2D eigenvalue weighted by molar-refractivity contribution is 0.0537. The predicted octanol–water partition coefficient (Wildman–Crippen LogP) is 4.95. The molecular weight excluding hydrogens is 420 g/mol. The molecule has 174 valence electrons. The van der Waals surface area contributed by atoms with Gasteiger partial charge >= 0.3 is 6.16 Å². The second kappa shape index (κ2) is 10.1. The Morgan fingerprint density at radius 2 is 1.67 bits per heavy atom. The normalized spacial score (nSPS) is 12.9. The van der Waals surface area contributed by atoms with Crippen molar-refractivity contribution in [1.82, 2.24) is 9.36 Å². The highest BCUT2D eigenvalue weighted by Gasteiger charge is 2.29. The Kier molecular flexibility index (Phi) is 6.99. The van der Waals surface area contributed by atoms with Gasteiger partial charge in [-0.05, 0) is 61.4 Å². The lowest BCUT2D eigenvalue weighted by atomic mass is 9.90. The average molecular weight is 451 g/mol. The molecule has 0 atom stereocenters. The van der Waals surface area contributed by atoms with Gasteiger partial charge in [0.15, 0.2) is 0 Å². The van der Waals surface area contributed by atoms with Gasteiger partial charge in [0.05, 0.1) is 6.61 Å². The minimum atomic E-state index is -0.836. The number of rotatable bonds is 7. The van der Waals surface area contributed by atoms with Crippen LogP contribution in [0, 0.1) is 13.8 Å². The maximum Gasteiger partial charge on any atom is 0.515 e. The molecule has 7 nitrogen and oxygen atoms in total. The van der Waals surface area contributed by atoms with E-state index in [4.69, 9.17) is 14.2 Å². The van der Waals surface area contributed by atoms with E-state index in [0.717, 1.165) is 40.7 Å². The van der Waals surface area contributed by atoms with Crippen molar-refractivity contribution < 1.29 is 19.0 Å². The molecule has 2 aromatic carbocycles. The summed E-state index contributed by atoms with van der Waals surface area (Å²) < 4.78 is 19.5. The predicted molar refractivity (Wildman–Crippen MR) is 127 cm³/mol. The molecule has 0 radical (unpaired) electrons. The fourth-order valence-electron chi connectivity index (χ4n) is 4.45. The molecule has 0 saturated heterocycles. The summed E-state index contributed by atoms with van der Waals surface area (Å²) in [5, 5.41) is 0. The van der Waals surface area contributed by atoms with Gasteiger partial charge in [-0.15, -0.1) is 0 Å². The molecule has 0 fully saturated rings. The van der Waals surface area contributed by atoms with Crippen molar-refractivity contribution in [2.75, 3.05) is 19.8 Å². The Bertz CT molecular complexity index is 1190. The monoisotopic (exact) mass is 450 g/mol. The average Bonchev–Trinajstić information content (AvgIpc) is 3.09. The van der Waals surface area contributed by atoms with Gasteiger partial charge in [0.25, 0.3) is 5.56 Å². The van der Waals surface area contributed by atoms with E-state index in [2.05, 4.69) is 6.07 Å². The fraction of sp³-hybridized carbons (Fsp3) is 0.385. The van der Waals surface area contributed by atoms with Crippen LogP contribution in [0.1, 0.15) is 30.9 Å². The van der Waals surface area contributed by atoms with Crippen LogP contribution in [0.5, 0.6) is 5.88 Å². The number of aryl methyl sites for hydroxylation is 1. The molecule has 1 aromatic heterocycles. The molecule has 1 aliphatic rings. The molecule has 33 heavy (non-hydrogen) atoms. The van der Waals surface area contributed by atoms with Crippen molar-refractivity contribution in [3.8, 4) is 28.1 Å². The van der Waals surface area contributed by atoms with E-state index in [1.165, 1.54) is 0 Å². The van der Waals surface area contributed by atoms with Crippen LogP contribution in [-0.2, 0) is 22.6 Å². The third-order valence-electron chi connectivity index (χ3n) is 6.02. The number of fused-ring (bicyclic) bond motifs is 1. The molecule has 0 spiro atoms. The van der Waals surface area contributed by atoms with Gasteiger partial charge in [-0.25, -0.2) is 9.48 Å². The topological polar surface area (TPSA) is 71.7 Å². The number of hydrogen-bond acceptors (Lipinski definition) is 5. The molecular formula is C26H30N2O5. The zero-order chi connectivity index (χ0) is 23.4. The fourth-order valence-corrected chi connectivity index (χ4v) is 4.45. The number of ether oxygens (including phenoxy) is 3. The van der Waals surface area contributed by atoms with Crippen LogP contribution in [0.2, 0.25) is 0 Å². The van der Waals surface area contributed by atoms with Crippen LogP contribution < -0.4 is 10.3 Å². The van der Waals surface area contributed by atoms with Crippen LogP contribution in [0.4, 0.5) is 4.79 Å². The molecule has 0 amide bonds. The van der Waals surface area contributed by atoms with Crippen LogP contribution >= 0.6 is 0 Å². The minimum absolute atomic E-state index is 0.0918. The van der Waals surface area contributed by atoms with Gasteiger partial charge < -0.3 is 14.2 Å². The molecule has 7 heteroatoms. The summed E-state index contributed by atoms with van der Waals surface area (Å²) in [6.45, 7) is 7.98. The summed E-state index contributed by atoms with van der Waals surface area (Å²) in [6.07, 6.45) is 0.978. The Hall–Kier alpha value is -3.32. The molecule has 2 heterocycles. The van der Waals surface area contributed by atoms with Gasteiger partial charge in [0.2, 0.25) is 5.88 Å². The first-order valence-corrected chi connectivity index (χ1v) is 11.4. The van der Waals surface area contributed by atoms with Crippen molar-refractivity contribution in [3.05, 3.63) is 63.9 Å². The molecule has 4 rings (SSSR count). The van der Waals surface area contributed by atoms with Crippen molar-refractivity contribution in [2.45, 2.75) is 46.7 Å². The number of carbonyl (C=O) groups is 1. The molecule has 3 aromatic rings. The zero-order valence-electron chi connectivity index (χ0n) is 19.4. The second-order valence-corrected chi connectivity index (χ2v) is 8.13. The summed E-state index contributed by atoms with van der Waals surface area (Å²) in [4.78, 5) is 26.0. The van der Waals surface area contributed by atoms with E-state index in [-0.39, 0.29) is 18.0 Å². The van der Waals surface area contributed by atoms with E-state index in [0.29, 0.717) is 31.9 Å². The van der Waals surface area contributed by atoms with E-state index in [1.54, 1.807) is 9.36 Å². The van der Waals surface area contributed by atoms with E-state index >= 15 is 0 Å². The zero-order valence-corrected chi connectivity index (χ0v) is 19.4. The molecule has 0 bridgehead atoms. The van der Waals surface area contributed by atoms with Crippen molar-refractivity contribution >= 4 is 6.16 Å². The standard InChI is InChI=1S/C26H30N2O5/c1-4-31-16-17-32-26(30)33-25-23(24(29)27-14-8-9-15-28(25)27)22-18(2)12-13-21(19(22)3)20-10-6-5-7-11-20/h5-7,10-13H,4,8-9,14-17H2,1-3H3. The Morgan fingerprint density at radius 1 is 0.939 bits per heavy atom. The third-order valence-corrected chi connectivity index (χ3v) is 6.02. The Balaban J connectivity index is 1.81. The maximum atomic E-state index is 13.6. The van der Waals surface area contributed by atoms with Crippen molar-refractivity contribution in [1.29, 1.82) is 0 Å². The Morgan fingerprint density at radius 3 is 2.39 bits per heavy atom. The highest BCUT2D eigenvalue weighted by Crippen LogP contribution is 2.38. The van der Waals surface area contributed by atoms with Crippen LogP contribution in [0.15, 0.2) is 47.3 Å². The molecule has 0 aliphatic carbocycles. The first kappa shape index (κ1) is 22.9. The summed E-state index contributed by atoms with van der Waals surface area (Å²) in [7, 11) is 0. The van der Waals surface area contributed by atoms with Gasteiger partial charge in [-0.2, -0.15) is 0 Å². The minimum Gasteiger partial charge on any atom is -0.431 e. The number of hydrogen-bond donors (Lipinski definition) is 0. The van der Waals surface area contributed by atoms with Gasteiger partial charge in [0.1, 0.15) is 12.2 Å². The number of nitrogens with zero attached hydrogens (tertiary/aromatic N) is 2. The van der Waals surface area contributed by atoms with Gasteiger partial charge in [-0.1, -0.05) is 42.5 Å².